The highest BCUT2D eigenvalue weighted by Gasteiger charge is 2.33. The number of carboxylic acid groups (broad SMARTS) is 1. The van der Waals surface area contributed by atoms with E-state index in [0.29, 0.717) is 0 Å². The Kier molecular flexibility index (Phi) is 3.76. The topological polar surface area (TPSA) is 49.3 Å². The van der Waals surface area contributed by atoms with Crippen molar-refractivity contribution in [3.8, 4) is 0 Å². The van der Waals surface area contributed by atoms with Crippen LogP contribution in [0.2, 0.25) is 0 Å². The predicted octanol–water partition coefficient (Wildman–Crippen LogP) is 2.59. The molecular formula is C18H19NO2. The van der Waals surface area contributed by atoms with Crippen molar-refractivity contribution in [2.24, 2.45) is 0 Å². The number of benzene rings is 2. The largest absolute Gasteiger partial charge is 0.480 e. The molecule has 1 aliphatic carbocycles. The number of aryl methyl sites for hydroxylation is 2. The Morgan fingerprint density at radius 2 is 1.52 bits per heavy atom. The Labute approximate surface area is 124 Å². The number of carboxylic acids is 1. The maximum Gasteiger partial charge on any atom is 0.321 e. The summed E-state index contributed by atoms with van der Waals surface area (Å²) >= 11 is 0. The van der Waals surface area contributed by atoms with Crippen molar-refractivity contribution in [2.75, 3.05) is 7.05 Å². The summed E-state index contributed by atoms with van der Waals surface area (Å²) in [6.45, 7) is 0. The predicted molar refractivity (Wildman–Crippen MR) is 82.6 cm³/mol. The molecule has 0 radical (unpaired) electrons. The summed E-state index contributed by atoms with van der Waals surface area (Å²) in [5.41, 5.74) is 4.76. The zero-order chi connectivity index (χ0) is 14.8. The minimum absolute atomic E-state index is 0.151. The molecule has 21 heavy (non-hydrogen) atoms. The Bertz CT molecular complexity index is 618. The van der Waals surface area contributed by atoms with Gasteiger partial charge in [-0.25, -0.2) is 0 Å². The van der Waals surface area contributed by atoms with Gasteiger partial charge in [0.2, 0.25) is 0 Å². The van der Waals surface area contributed by atoms with E-state index in [1.54, 1.807) is 7.05 Å². The molecule has 3 nitrogen and oxygen atoms in total. The van der Waals surface area contributed by atoms with Crippen LogP contribution in [0.4, 0.5) is 0 Å². The number of aliphatic carboxylic acids is 1. The first-order valence-electron chi connectivity index (χ1n) is 7.28. The lowest BCUT2D eigenvalue weighted by Crippen LogP contribution is -2.40. The first kappa shape index (κ1) is 13.8. The number of hydrogen-bond donors (Lipinski definition) is 2. The molecule has 1 atom stereocenters. The molecule has 3 rings (SSSR count). The average Bonchev–Trinajstić information content (AvgIpc) is 2.66. The van der Waals surface area contributed by atoms with Crippen LogP contribution in [0.3, 0.4) is 0 Å². The number of rotatable bonds is 3. The molecule has 2 aromatic carbocycles. The van der Waals surface area contributed by atoms with Crippen LogP contribution in [-0.2, 0) is 17.6 Å². The van der Waals surface area contributed by atoms with E-state index in [-0.39, 0.29) is 5.92 Å². The van der Waals surface area contributed by atoms with Gasteiger partial charge in [-0.1, -0.05) is 48.5 Å². The van der Waals surface area contributed by atoms with Gasteiger partial charge in [0.05, 0.1) is 0 Å². The van der Waals surface area contributed by atoms with Crippen molar-refractivity contribution in [2.45, 2.75) is 24.8 Å². The van der Waals surface area contributed by atoms with E-state index in [0.717, 1.165) is 24.0 Å². The van der Waals surface area contributed by atoms with E-state index in [9.17, 15) is 9.90 Å². The Balaban J connectivity index is 2.22. The van der Waals surface area contributed by atoms with Crippen LogP contribution >= 0.6 is 0 Å². The molecule has 2 aromatic rings. The molecule has 0 aromatic heterocycles. The van der Waals surface area contributed by atoms with Gasteiger partial charge in [-0.05, 0) is 42.1 Å². The molecular weight excluding hydrogens is 262 g/mol. The summed E-state index contributed by atoms with van der Waals surface area (Å²) in [6, 6.07) is 15.8. The molecule has 0 saturated carbocycles. The summed E-state index contributed by atoms with van der Waals surface area (Å²) in [4.78, 5) is 11.7. The normalized spacial score (nSPS) is 15.7. The first-order valence-corrected chi connectivity index (χ1v) is 7.28. The number of fused-ring (bicyclic) bond motifs is 2. The third kappa shape index (κ3) is 2.45. The van der Waals surface area contributed by atoms with Gasteiger partial charge in [0, 0.05) is 5.92 Å². The molecule has 1 aliphatic rings. The van der Waals surface area contributed by atoms with Crippen molar-refractivity contribution in [3.05, 3.63) is 70.8 Å². The lowest BCUT2D eigenvalue weighted by molar-refractivity contribution is -0.139. The second-order valence-electron chi connectivity index (χ2n) is 5.48. The highest BCUT2D eigenvalue weighted by Crippen LogP contribution is 2.36. The van der Waals surface area contributed by atoms with E-state index in [4.69, 9.17) is 0 Å². The molecule has 0 saturated heterocycles. The Morgan fingerprint density at radius 3 is 1.95 bits per heavy atom. The minimum atomic E-state index is -0.811. The van der Waals surface area contributed by atoms with Crippen molar-refractivity contribution < 1.29 is 9.90 Å². The van der Waals surface area contributed by atoms with E-state index < -0.39 is 12.0 Å². The van der Waals surface area contributed by atoms with Crippen molar-refractivity contribution >= 4 is 5.97 Å². The summed E-state index contributed by atoms with van der Waals surface area (Å²) in [5, 5.41) is 12.6. The molecule has 0 heterocycles. The van der Waals surface area contributed by atoms with E-state index in [1.807, 2.05) is 24.3 Å². The van der Waals surface area contributed by atoms with Gasteiger partial charge in [-0.3, -0.25) is 4.79 Å². The summed E-state index contributed by atoms with van der Waals surface area (Å²) in [6.07, 6.45) is 1.92. The fourth-order valence-electron chi connectivity index (χ4n) is 3.36. The highest BCUT2D eigenvalue weighted by molar-refractivity contribution is 5.76. The first-order chi connectivity index (χ1) is 10.2. The minimum Gasteiger partial charge on any atom is -0.480 e. The lowest BCUT2D eigenvalue weighted by Gasteiger charge is -2.26. The van der Waals surface area contributed by atoms with Gasteiger partial charge in [-0.2, -0.15) is 0 Å². The third-order valence-electron chi connectivity index (χ3n) is 4.35. The second kappa shape index (κ2) is 5.70. The van der Waals surface area contributed by atoms with Gasteiger partial charge in [0.25, 0.3) is 0 Å². The monoisotopic (exact) mass is 281 g/mol. The van der Waals surface area contributed by atoms with Crippen molar-refractivity contribution in [1.29, 1.82) is 0 Å². The zero-order valence-corrected chi connectivity index (χ0v) is 12.0. The van der Waals surface area contributed by atoms with Crippen LogP contribution < -0.4 is 5.32 Å². The van der Waals surface area contributed by atoms with Crippen LogP contribution in [0.5, 0.6) is 0 Å². The number of nitrogens with one attached hydrogen (secondary N) is 1. The molecule has 1 unspecified atom stereocenters. The number of hydrogen-bond acceptors (Lipinski definition) is 2. The summed E-state index contributed by atoms with van der Waals surface area (Å²) in [7, 11) is 1.72. The SMILES string of the molecule is CNC(C(=O)O)C1c2ccccc2CCc2ccccc21. The van der Waals surface area contributed by atoms with Crippen LogP contribution in [0.25, 0.3) is 0 Å². The summed E-state index contributed by atoms with van der Waals surface area (Å²) < 4.78 is 0. The van der Waals surface area contributed by atoms with Crippen LogP contribution in [0.1, 0.15) is 28.2 Å². The molecule has 2 N–H and O–H groups in total. The average molecular weight is 281 g/mol. The molecule has 108 valence electrons. The van der Waals surface area contributed by atoms with Gasteiger partial charge in [-0.15, -0.1) is 0 Å². The van der Waals surface area contributed by atoms with Gasteiger partial charge in [0.15, 0.2) is 0 Å². The maximum atomic E-state index is 11.7. The Hall–Kier alpha value is -2.13. The van der Waals surface area contributed by atoms with E-state index in [1.165, 1.54) is 11.1 Å². The molecule has 0 aliphatic heterocycles. The van der Waals surface area contributed by atoms with Crippen molar-refractivity contribution in [1.82, 2.24) is 5.32 Å². The fourth-order valence-corrected chi connectivity index (χ4v) is 3.36. The highest BCUT2D eigenvalue weighted by atomic mass is 16.4. The molecule has 0 bridgehead atoms. The zero-order valence-electron chi connectivity index (χ0n) is 12.0. The van der Waals surface area contributed by atoms with Gasteiger partial charge >= 0.3 is 5.97 Å². The maximum absolute atomic E-state index is 11.7. The fraction of sp³-hybridized carbons (Fsp3) is 0.278. The van der Waals surface area contributed by atoms with Crippen LogP contribution in [0.15, 0.2) is 48.5 Å². The van der Waals surface area contributed by atoms with Crippen molar-refractivity contribution in [3.63, 3.8) is 0 Å². The number of carbonyl (C=O) groups is 1. The molecule has 0 fully saturated rings. The standard InChI is InChI=1S/C18H19NO2/c1-19-17(18(20)21)16-14-8-4-2-6-12(14)10-11-13-7-3-5-9-15(13)16/h2-9,16-17,19H,10-11H2,1H3,(H,20,21). The quantitative estimate of drug-likeness (QED) is 0.909. The van der Waals surface area contributed by atoms with Crippen LogP contribution in [0, 0.1) is 0 Å². The molecule has 0 amide bonds. The van der Waals surface area contributed by atoms with E-state index >= 15 is 0 Å². The van der Waals surface area contributed by atoms with Gasteiger partial charge in [0.1, 0.15) is 6.04 Å². The molecule has 3 heteroatoms. The Morgan fingerprint density at radius 1 is 1.05 bits per heavy atom. The lowest BCUT2D eigenvalue weighted by atomic mass is 9.82. The second-order valence-corrected chi connectivity index (χ2v) is 5.48. The summed E-state index contributed by atoms with van der Waals surface area (Å²) in [5.74, 6) is -0.962. The van der Waals surface area contributed by atoms with E-state index in [2.05, 4.69) is 29.6 Å². The number of likely N-dealkylation sites (N-methyl/N-ethyl adjacent to an activating group) is 1. The smallest absolute Gasteiger partial charge is 0.321 e. The third-order valence-corrected chi connectivity index (χ3v) is 4.35. The van der Waals surface area contributed by atoms with Crippen LogP contribution in [-0.4, -0.2) is 24.2 Å². The van der Waals surface area contributed by atoms with Gasteiger partial charge < -0.3 is 10.4 Å². The molecule has 0 spiro atoms.